The zero-order valence-electron chi connectivity index (χ0n) is 9.31. The summed E-state index contributed by atoms with van der Waals surface area (Å²) in [6.07, 6.45) is 0.766. The van der Waals surface area contributed by atoms with Crippen molar-refractivity contribution in [1.29, 1.82) is 0 Å². The zero-order valence-corrected chi connectivity index (χ0v) is 10.1. The van der Waals surface area contributed by atoms with Crippen LogP contribution in [0, 0.1) is 0 Å². The molecule has 1 aromatic rings. The minimum atomic E-state index is 0.460. The lowest BCUT2D eigenvalue weighted by atomic mass is 10.2. The predicted octanol–water partition coefficient (Wildman–Crippen LogP) is 2.58. The van der Waals surface area contributed by atoms with E-state index in [1.807, 2.05) is 18.2 Å². The summed E-state index contributed by atoms with van der Waals surface area (Å²) in [6, 6.07) is 10.8. The first-order valence-corrected chi connectivity index (χ1v) is 5.62. The summed E-state index contributed by atoms with van der Waals surface area (Å²) in [5.41, 5.74) is 6.75. The number of rotatable bonds is 5. The third-order valence-corrected chi connectivity index (χ3v) is 2.51. The summed E-state index contributed by atoms with van der Waals surface area (Å²) in [4.78, 5) is 2.88. The Kier molecular flexibility index (Phi) is 4.56. The average Bonchev–Trinajstić information content (AvgIpc) is 2.18. The number of nitrogens with zero attached hydrogens (tertiary/aromatic N) is 1. The molecule has 0 aliphatic rings. The second-order valence-corrected chi connectivity index (χ2v) is 4.36. The van der Waals surface area contributed by atoms with E-state index in [1.54, 1.807) is 0 Å². The summed E-state index contributed by atoms with van der Waals surface area (Å²) >= 11 is 4.90. The van der Waals surface area contributed by atoms with Crippen LogP contribution in [0.15, 0.2) is 30.3 Å². The molecule has 0 unspecified atom stereocenters. The molecule has 2 N–H and O–H groups in total. The minimum Gasteiger partial charge on any atom is -0.393 e. The highest BCUT2D eigenvalue weighted by Crippen LogP contribution is 2.16. The largest absolute Gasteiger partial charge is 0.393 e. The topological polar surface area (TPSA) is 29.3 Å². The van der Waals surface area contributed by atoms with Gasteiger partial charge in [-0.15, -0.1) is 0 Å². The summed E-state index contributed by atoms with van der Waals surface area (Å²) in [5, 5.41) is 0. The molecule has 0 amide bonds. The van der Waals surface area contributed by atoms with E-state index < -0.39 is 0 Å². The lowest BCUT2D eigenvalue weighted by molar-refractivity contribution is 0.691. The van der Waals surface area contributed by atoms with Crippen molar-refractivity contribution in [2.45, 2.75) is 26.3 Å². The first kappa shape index (κ1) is 12.0. The van der Waals surface area contributed by atoms with Crippen LogP contribution >= 0.6 is 12.2 Å². The molecule has 0 atom stereocenters. The molecule has 15 heavy (non-hydrogen) atoms. The molecule has 0 fully saturated rings. The molecule has 1 rings (SSSR count). The molecular formula is C12H18N2S. The highest BCUT2D eigenvalue weighted by Gasteiger charge is 2.09. The molecule has 0 aliphatic carbocycles. The first-order chi connectivity index (χ1) is 7.11. The van der Waals surface area contributed by atoms with Crippen LogP contribution in [0.3, 0.4) is 0 Å². The van der Waals surface area contributed by atoms with E-state index in [9.17, 15) is 0 Å². The second-order valence-electron chi connectivity index (χ2n) is 3.84. The van der Waals surface area contributed by atoms with Gasteiger partial charge in [0.15, 0.2) is 0 Å². The number of hydrogen-bond donors (Lipinski definition) is 1. The van der Waals surface area contributed by atoms with Crippen LogP contribution in [0.5, 0.6) is 0 Å². The Hall–Kier alpha value is -1.09. The van der Waals surface area contributed by atoms with Gasteiger partial charge in [-0.05, 0) is 26.0 Å². The molecule has 2 nitrogen and oxygen atoms in total. The lowest BCUT2D eigenvalue weighted by Crippen LogP contribution is -2.33. The molecule has 0 spiro atoms. The van der Waals surface area contributed by atoms with Crippen molar-refractivity contribution in [3.8, 4) is 0 Å². The van der Waals surface area contributed by atoms with E-state index in [0.717, 1.165) is 13.0 Å². The monoisotopic (exact) mass is 222 g/mol. The van der Waals surface area contributed by atoms with Gasteiger partial charge in [-0.2, -0.15) is 0 Å². The Morgan fingerprint density at radius 1 is 1.33 bits per heavy atom. The van der Waals surface area contributed by atoms with Crippen LogP contribution in [0.2, 0.25) is 0 Å². The molecule has 82 valence electrons. The second kappa shape index (κ2) is 5.71. The summed E-state index contributed by atoms with van der Waals surface area (Å²) in [7, 11) is 0. The highest BCUT2D eigenvalue weighted by molar-refractivity contribution is 7.80. The van der Waals surface area contributed by atoms with Gasteiger partial charge in [-0.1, -0.05) is 30.4 Å². The van der Waals surface area contributed by atoms with Crippen LogP contribution in [0.4, 0.5) is 5.69 Å². The van der Waals surface area contributed by atoms with Crippen molar-refractivity contribution in [2.75, 3.05) is 11.4 Å². The van der Waals surface area contributed by atoms with Crippen molar-refractivity contribution in [2.24, 2.45) is 5.73 Å². The maximum Gasteiger partial charge on any atom is 0.0745 e. The number of para-hydroxylation sites is 1. The van der Waals surface area contributed by atoms with Crippen molar-refractivity contribution in [3.05, 3.63) is 30.3 Å². The summed E-state index contributed by atoms with van der Waals surface area (Å²) < 4.78 is 0. The fourth-order valence-corrected chi connectivity index (χ4v) is 1.63. The fraction of sp³-hybridized carbons (Fsp3) is 0.417. The molecule has 3 heteroatoms. The third kappa shape index (κ3) is 3.88. The summed E-state index contributed by atoms with van der Waals surface area (Å²) in [6.45, 7) is 5.23. The van der Waals surface area contributed by atoms with Crippen LogP contribution in [0.1, 0.15) is 20.3 Å². The smallest absolute Gasteiger partial charge is 0.0745 e. The van der Waals surface area contributed by atoms with Crippen LogP contribution < -0.4 is 10.6 Å². The Morgan fingerprint density at radius 3 is 2.40 bits per heavy atom. The van der Waals surface area contributed by atoms with Crippen LogP contribution in [-0.4, -0.2) is 17.6 Å². The van der Waals surface area contributed by atoms with Crippen molar-refractivity contribution in [1.82, 2.24) is 0 Å². The van der Waals surface area contributed by atoms with E-state index in [-0.39, 0.29) is 0 Å². The molecule has 0 aromatic heterocycles. The Balaban J connectivity index is 2.70. The number of hydrogen-bond acceptors (Lipinski definition) is 2. The van der Waals surface area contributed by atoms with E-state index in [4.69, 9.17) is 18.0 Å². The maximum atomic E-state index is 5.52. The summed E-state index contributed by atoms with van der Waals surface area (Å²) in [5.74, 6) is 0. The van der Waals surface area contributed by atoms with E-state index in [1.165, 1.54) is 5.69 Å². The van der Waals surface area contributed by atoms with Crippen molar-refractivity contribution in [3.63, 3.8) is 0 Å². The van der Waals surface area contributed by atoms with E-state index in [0.29, 0.717) is 11.0 Å². The Morgan fingerprint density at radius 2 is 1.93 bits per heavy atom. The van der Waals surface area contributed by atoms with Crippen LogP contribution in [-0.2, 0) is 0 Å². The molecule has 0 heterocycles. The maximum absolute atomic E-state index is 5.52. The quantitative estimate of drug-likeness (QED) is 0.776. The number of anilines is 1. The molecule has 0 aliphatic heterocycles. The number of thiocarbonyl (C=S) groups is 1. The van der Waals surface area contributed by atoms with Gasteiger partial charge in [0.25, 0.3) is 0 Å². The van der Waals surface area contributed by atoms with Crippen molar-refractivity contribution < 1.29 is 0 Å². The van der Waals surface area contributed by atoms with Gasteiger partial charge in [-0.3, -0.25) is 0 Å². The van der Waals surface area contributed by atoms with Gasteiger partial charge < -0.3 is 10.6 Å². The number of benzene rings is 1. The standard InChI is InChI=1S/C12H18N2S/c1-10(2)14(9-8-12(13)15)11-6-4-3-5-7-11/h3-7,10H,8-9H2,1-2H3,(H2,13,15). The predicted molar refractivity (Wildman–Crippen MR) is 70.3 cm³/mol. The molecule has 0 radical (unpaired) electrons. The zero-order chi connectivity index (χ0) is 11.3. The Labute approximate surface area is 97.1 Å². The molecule has 0 saturated heterocycles. The minimum absolute atomic E-state index is 0.460. The van der Waals surface area contributed by atoms with Crippen molar-refractivity contribution >= 4 is 22.9 Å². The molecular weight excluding hydrogens is 204 g/mol. The first-order valence-electron chi connectivity index (χ1n) is 5.21. The van der Waals surface area contributed by atoms with Gasteiger partial charge in [0.2, 0.25) is 0 Å². The molecule has 0 saturated carbocycles. The lowest BCUT2D eigenvalue weighted by Gasteiger charge is -2.28. The fourth-order valence-electron chi connectivity index (χ4n) is 1.54. The van der Waals surface area contributed by atoms with Gasteiger partial charge in [-0.25, -0.2) is 0 Å². The molecule has 0 bridgehead atoms. The number of nitrogens with two attached hydrogens (primary N) is 1. The Bertz CT molecular complexity index is 309. The van der Waals surface area contributed by atoms with Gasteiger partial charge in [0, 0.05) is 24.7 Å². The van der Waals surface area contributed by atoms with E-state index >= 15 is 0 Å². The van der Waals surface area contributed by atoms with Crippen LogP contribution in [0.25, 0.3) is 0 Å². The van der Waals surface area contributed by atoms with Gasteiger partial charge in [0.05, 0.1) is 4.99 Å². The van der Waals surface area contributed by atoms with E-state index in [2.05, 4.69) is 30.9 Å². The van der Waals surface area contributed by atoms with Gasteiger partial charge >= 0.3 is 0 Å². The molecule has 1 aromatic carbocycles. The highest BCUT2D eigenvalue weighted by atomic mass is 32.1. The normalized spacial score (nSPS) is 10.3. The SMILES string of the molecule is CC(C)N(CCC(N)=S)c1ccccc1. The third-order valence-electron chi connectivity index (χ3n) is 2.31. The van der Waals surface area contributed by atoms with Gasteiger partial charge in [0.1, 0.15) is 0 Å². The average molecular weight is 222 g/mol.